The van der Waals surface area contributed by atoms with Crippen molar-refractivity contribution < 1.29 is 0 Å². The summed E-state index contributed by atoms with van der Waals surface area (Å²) in [6, 6.07) is 0. The summed E-state index contributed by atoms with van der Waals surface area (Å²) in [4.78, 5) is 0. The molecule has 0 aromatic carbocycles. The standard InChI is InChI=1S/C5H14N3/c1-6-4-5(7-2)8-3/h6-8H,4H2,1-3H3. The van der Waals surface area contributed by atoms with Crippen molar-refractivity contribution in [2.24, 2.45) is 0 Å². The molecule has 0 rings (SSSR count). The number of nitrogens with one attached hydrogen (secondary N) is 3. The molecule has 3 nitrogen and oxygen atoms in total. The largest absolute Gasteiger partial charge is 0.316 e. The summed E-state index contributed by atoms with van der Waals surface area (Å²) < 4.78 is 0. The van der Waals surface area contributed by atoms with Gasteiger partial charge in [-0.1, -0.05) is 0 Å². The van der Waals surface area contributed by atoms with Crippen LogP contribution in [0, 0.1) is 6.17 Å². The van der Waals surface area contributed by atoms with E-state index in [0.717, 1.165) is 12.7 Å². The summed E-state index contributed by atoms with van der Waals surface area (Å²) in [5, 5.41) is 9.00. The van der Waals surface area contributed by atoms with Crippen molar-refractivity contribution in [1.29, 1.82) is 0 Å². The molecular formula is C5H14N3. The van der Waals surface area contributed by atoms with E-state index in [4.69, 9.17) is 0 Å². The first-order valence-corrected chi connectivity index (χ1v) is 2.71. The van der Waals surface area contributed by atoms with Gasteiger partial charge in [0.05, 0.1) is 0 Å². The molecule has 3 heteroatoms. The van der Waals surface area contributed by atoms with Gasteiger partial charge in [-0.15, -0.1) is 0 Å². The molecule has 0 spiro atoms. The highest BCUT2D eigenvalue weighted by molar-refractivity contribution is 4.81. The maximum Gasteiger partial charge on any atom is 0.115 e. The molecule has 0 amide bonds. The molecule has 0 saturated heterocycles. The zero-order chi connectivity index (χ0) is 6.41. The smallest absolute Gasteiger partial charge is 0.115 e. The Balaban J connectivity index is 3.07. The van der Waals surface area contributed by atoms with Gasteiger partial charge in [-0.2, -0.15) is 0 Å². The quantitative estimate of drug-likeness (QED) is 0.447. The van der Waals surface area contributed by atoms with Gasteiger partial charge in [0, 0.05) is 6.54 Å². The summed E-state index contributed by atoms with van der Waals surface area (Å²) in [5.74, 6) is 0. The fraction of sp³-hybridized carbons (Fsp3) is 0.800. The molecule has 0 aliphatic rings. The van der Waals surface area contributed by atoms with Crippen LogP contribution in [0.4, 0.5) is 0 Å². The predicted octanol–water partition coefficient (Wildman–Crippen LogP) is -0.866. The Hall–Kier alpha value is -0.120. The molecule has 0 aliphatic carbocycles. The molecule has 0 bridgehead atoms. The maximum atomic E-state index is 3.01. The summed E-state index contributed by atoms with van der Waals surface area (Å²) in [6.45, 7) is 0.868. The molecule has 8 heavy (non-hydrogen) atoms. The van der Waals surface area contributed by atoms with E-state index in [-0.39, 0.29) is 0 Å². The molecule has 0 heterocycles. The predicted molar refractivity (Wildman–Crippen MR) is 35.3 cm³/mol. The third kappa shape index (κ3) is 2.96. The molecule has 1 radical (unpaired) electrons. The highest BCUT2D eigenvalue weighted by Crippen LogP contribution is 1.78. The highest BCUT2D eigenvalue weighted by atomic mass is 15.1. The van der Waals surface area contributed by atoms with E-state index in [1.807, 2.05) is 21.1 Å². The van der Waals surface area contributed by atoms with Crippen molar-refractivity contribution in [3.05, 3.63) is 6.17 Å². The number of hydrogen-bond donors (Lipinski definition) is 3. The second-order valence-corrected chi connectivity index (χ2v) is 1.51. The molecular weight excluding hydrogens is 102 g/mol. The zero-order valence-electron chi connectivity index (χ0n) is 5.71. The summed E-state index contributed by atoms with van der Waals surface area (Å²) in [5.41, 5.74) is 0. The number of hydrogen-bond acceptors (Lipinski definition) is 3. The van der Waals surface area contributed by atoms with Crippen molar-refractivity contribution in [3.63, 3.8) is 0 Å². The van der Waals surface area contributed by atoms with Crippen LogP contribution in [0.15, 0.2) is 0 Å². The van der Waals surface area contributed by atoms with E-state index in [1.165, 1.54) is 0 Å². The first-order chi connectivity index (χ1) is 3.85. The van der Waals surface area contributed by atoms with Gasteiger partial charge >= 0.3 is 0 Å². The van der Waals surface area contributed by atoms with Crippen molar-refractivity contribution >= 4 is 0 Å². The molecule has 0 fully saturated rings. The average molecular weight is 116 g/mol. The molecule has 0 aromatic rings. The van der Waals surface area contributed by atoms with Crippen molar-refractivity contribution in [3.8, 4) is 0 Å². The number of likely N-dealkylation sites (N-methyl/N-ethyl adjacent to an activating group) is 3. The Labute approximate surface area is 50.8 Å². The van der Waals surface area contributed by atoms with Crippen molar-refractivity contribution in [2.45, 2.75) is 0 Å². The third-order valence-corrected chi connectivity index (χ3v) is 0.957. The minimum Gasteiger partial charge on any atom is -0.316 e. The topological polar surface area (TPSA) is 36.1 Å². The van der Waals surface area contributed by atoms with Crippen LogP contribution in [0.1, 0.15) is 0 Å². The van der Waals surface area contributed by atoms with Crippen molar-refractivity contribution in [2.75, 3.05) is 27.7 Å². The van der Waals surface area contributed by atoms with Crippen LogP contribution >= 0.6 is 0 Å². The van der Waals surface area contributed by atoms with Crippen LogP contribution in [-0.4, -0.2) is 27.7 Å². The van der Waals surface area contributed by atoms with Crippen LogP contribution in [0.2, 0.25) is 0 Å². The fourth-order valence-electron chi connectivity index (χ4n) is 0.479. The molecule has 49 valence electrons. The van der Waals surface area contributed by atoms with Crippen LogP contribution < -0.4 is 16.0 Å². The molecule has 0 saturated carbocycles. The summed E-state index contributed by atoms with van der Waals surface area (Å²) in [6.07, 6.45) is 1.10. The maximum absolute atomic E-state index is 3.01. The van der Waals surface area contributed by atoms with Gasteiger partial charge in [-0.25, -0.2) is 0 Å². The average Bonchev–Trinajstić information content (AvgIpc) is 1.83. The Bertz CT molecular complexity index is 42.9. The van der Waals surface area contributed by atoms with Crippen LogP contribution in [-0.2, 0) is 0 Å². The minimum atomic E-state index is 0.868. The Morgan fingerprint density at radius 3 is 1.75 bits per heavy atom. The monoisotopic (exact) mass is 116 g/mol. The van der Waals surface area contributed by atoms with Gasteiger partial charge in [0.2, 0.25) is 0 Å². The van der Waals surface area contributed by atoms with Gasteiger partial charge < -0.3 is 5.32 Å². The van der Waals surface area contributed by atoms with Gasteiger partial charge in [0.15, 0.2) is 0 Å². The van der Waals surface area contributed by atoms with Crippen molar-refractivity contribution in [1.82, 2.24) is 16.0 Å². The second-order valence-electron chi connectivity index (χ2n) is 1.51. The fourth-order valence-corrected chi connectivity index (χ4v) is 0.479. The lowest BCUT2D eigenvalue weighted by molar-refractivity contribution is 0.610. The van der Waals surface area contributed by atoms with E-state index in [1.54, 1.807) is 0 Å². The molecule has 0 aromatic heterocycles. The van der Waals surface area contributed by atoms with Gasteiger partial charge in [-0.3, -0.25) is 10.6 Å². The van der Waals surface area contributed by atoms with E-state index >= 15 is 0 Å². The minimum absolute atomic E-state index is 0.868. The molecule has 0 atom stereocenters. The van der Waals surface area contributed by atoms with Crippen LogP contribution in [0.5, 0.6) is 0 Å². The lowest BCUT2D eigenvalue weighted by atomic mass is 10.5. The lowest BCUT2D eigenvalue weighted by Crippen LogP contribution is -2.36. The van der Waals surface area contributed by atoms with Gasteiger partial charge in [0.25, 0.3) is 0 Å². The normalized spacial score (nSPS) is 10.5. The molecule has 0 aliphatic heterocycles. The first-order valence-electron chi connectivity index (χ1n) is 2.71. The van der Waals surface area contributed by atoms with E-state index < -0.39 is 0 Å². The van der Waals surface area contributed by atoms with E-state index in [9.17, 15) is 0 Å². The third-order valence-electron chi connectivity index (χ3n) is 0.957. The van der Waals surface area contributed by atoms with Crippen LogP contribution in [0.25, 0.3) is 0 Å². The van der Waals surface area contributed by atoms with Gasteiger partial charge in [0.1, 0.15) is 6.17 Å². The summed E-state index contributed by atoms with van der Waals surface area (Å²) in [7, 11) is 5.70. The zero-order valence-corrected chi connectivity index (χ0v) is 5.71. The molecule has 3 N–H and O–H groups in total. The second kappa shape index (κ2) is 5.03. The Morgan fingerprint density at radius 1 is 1.12 bits per heavy atom. The lowest BCUT2D eigenvalue weighted by Gasteiger charge is -2.11. The van der Waals surface area contributed by atoms with Gasteiger partial charge in [-0.05, 0) is 21.1 Å². The highest BCUT2D eigenvalue weighted by Gasteiger charge is 1.97. The SMILES string of the molecule is CNC[C](NC)NC. The van der Waals surface area contributed by atoms with E-state index in [0.29, 0.717) is 0 Å². The Morgan fingerprint density at radius 2 is 1.62 bits per heavy atom. The Kier molecular flexibility index (Phi) is 4.95. The number of rotatable bonds is 4. The molecule has 0 unspecified atom stereocenters. The van der Waals surface area contributed by atoms with E-state index in [2.05, 4.69) is 16.0 Å². The van der Waals surface area contributed by atoms with Crippen LogP contribution in [0.3, 0.4) is 0 Å². The summed E-state index contributed by atoms with van der Waals surface area (Å²) >= 11 is 0. The first kappa shape index (κ1) is 7.88.